The third-order valence-corrected chi connectivity index (χ3v) is 4.88. The Balaban J connectivity index is 1.66. The van der Waals surface area contributed by atoms with Gasteiger partial charge < -0.3 is 9.42 Å². The SMILES string of the molecule is CCCc1noc(CN2CCC[C@@H]2[C@@H]2CCCN2C(C)=O)n1. The summed E-state index contributed by atoms with van der Waals surface area (Å²) in [5.74, 6) is 1.72. The topological polar surface area (TPSA) is 62.5 Å². The zero-order valence-corrected chi connectivity index (χ0v) is 13.6. The Morgan fingerprint density at radius 3 is 2.82 bits per heavy atom. The van der Waals surface area contributed by atoms with Gasteiger partial charge in [0.05, 0.1) is 6.54 Å². The minimum absolute atomic E-state index is 0.206. The monoisotopic (exact) mass is 306 g/mol. The summed E-state index contributed by atoms with van der Waals surface area (Å²) in [6.07, 6.45) is 6.48. The van der Waals surface area contributed by atoms with Crippen molar-refractivity contribution in [1.29, 1.82) is 0 Å². The van der Waals surface area contributed by atoms with E-state index in [0.717, 1.165) is 51.0 Å². The van der Waals surface area contributed by atoms with Gasteiger partial charge in [0.15, 0.2) is 5.82 Å². The van der Waals surface area contributed by atoms with Crippen LogP contribution in [-0.2, 0) is 17.8 Å². The molecule has 3 heterocycles. The first-order valence-corrected chi connectivity index (χ1v) is 8.51. The van der Waals surface area contributed by atoms with Crippen molar-refractivity contribution in [2.24, 2.45) is 0 Å². The number of aryl methyl sites for hydroxylation is 1. The first-order chi connectivity index (χ1) is 10.7. The van der Waals surface area contributed by atoms with E-state index < -0.39 is 0 Å². The Kier molecular flexibility index (Phi) is 4.76. The number of likely N-dealkylation sites (tertiary alicyclic amines) is 2. The fraction of sp³-hybridized carbons (Fsp3) is 0.812. The predicted octanol–water partition coefficient (Wildman–Crippen LogP) is 2.00. The first kappa shape index (κ1) is 15.5. The largest absolute Gasteiger partial charge is 0.338 e. The van der Waals surface area contributed by atoms with Crippen LogP contribution in [0.2, 0.25) is 0 Å². The standard InChI is InChI=1S/C16H26N4O2/c1-3-6-15-17-16(22-18-15)11-19-9-4-7-13(19)14-8-5-10-20(14)12(2)21/h13-14H,3-11H2,1-2H3/t13-,14+/m1/s1. The molecule has 0 aromatic carbocycles. The summed E-state index contributed by atoms with van der Waals surface area (Å²) in [5, 5.41) is 4.04. The predicted molar refractivity (Wildman–Crippen MR) is 82.1 cm³/mol. The van der Waals surface area contributed by atoms with Crippen molar-refractivity contribution in [3.63, 3.8) is 0 Å². The summed E-state index contributed by atoms with van der Waals surface area (Å²) in [7, 11) is 0. The van der Waals surface area contributed by atoms with Gasteiger partial charge in [-0.1, -0.05) is 12.1 Å². The molecule has 6 nitrogen and oxygen atoms in total. The fourth-order valence-electron chi connectivity index (χ4n) is 3.92. The van der Waals surface area contributed by atoms with Crippen LogP contribution in [0.25, 0.3) is 0 Å². The van der Waals surface area contributed by atoms with Crippen LogP contribution < -0.4 is 0 Å². The van der Waals surface area contributed by atoms with Crippen LogP contribution >= 0.6 is 0 Å². The Hall–Kier alpha value is -1.43. The van der Waals surface area contributed by atoms with Gasteiger partial charge in [-0.25, -0.2) is 0 Å². The van der Waals surface area contributed by atoms with Crippen LogP contribution in [0.5, 0.6) is 0 Å². The molecule has 6 heteroatoms. The maximum atomic E-state index is 11.8. The lowest BCUT2D eigenvalue weighted by atomic mass is 10.0. The van der Waals surface area contributed by atoms with E-state index in [2.05, 4.69) is 26.9 Å². The summed E-state index contributed by atoms with van der Waals surface area (Å²) >= 11 is 0. The molecule has 2 aliphatic heterocycles. The summed E-state index contributed by atoms with van der Waals surface area (Å²) in [6.45, 7) is 6.48. The molecule has 1 aromatic rings. The molecular weight excluding hydrogens is 280 g/mol. The quantitative estimate of drug-likeness (QED) is 0.832. The third-order valence-electron chi connectivity index (χ3n) is 4.88. The zero-order chi connectivity index (χ0) is 15.5. The molecule has 122 valence electrons. The van der Waals surface area contributed by atoms with E-state index in [1.54, 1.807) is 6.92 Å². The van der Waals surface area contributed by atoms with E-state index in [0.29, 0.717) is 24.5 Å². The molecule has 3 rings (SSSR count). The highest BCUT2D eigenvalue weighted by molar-refractivity contribution is 5.74. The number of amides is 1. The number of hydrogen-bond acceptors (Lipinski definition) is 5. The van der Waals surface area contributed by atoms with Crippen molar-refractivity contribution in [3.8, 4) is 0 Å². The maximum absolute atomic E-state index is 11.8. The second-order valence-corrected chi connectivity index (χ2v) is 6.46. The molecular formula is C16H26N4O2. The molecule has 1 amide bonds. The molecule has 22 heavy (non-hydrogen) atoms. The second kappa shape index (κ2) is 6.77. The molecule has 1 aromatic heterocycles. The van der Waals surface area contributed by atoms with E-state index in [1.165, 1.54) is 6.42 Å². The third kappa shape index (κ3) is 3.16. The van der Waals surface area contributed by atoms with Gasteiger partial charge in [0.1, 0.15) is 0 Å². The lowest BCUT2D eigenvalue weighted by Gasteiger charge is -2.33. The smallest absolute Gasteiger partial charge is 0.240 e. The minimum atomic E-state index is 0.206. The van der Waals surface area contributed by atoms with E-state index >= 15 is 0 Å². The van der Waals surface area contributed by atoms with Crippen LogP contribution in [0.3, 0.4) is 0 Å². The van der Waals surface area contributed by atoms with Crippen molar-refractivity contribution >= 4 is 5.91 Å². The van der Waals surface area contributed by atoms with Crippen molar-refractivity contribution in [2.45, 2.75) is 71.0 Å². The molecule has 0 spiro atoms. The molecule has 2 aliphatic rings. The molecule has 0 bridgehead atoms. The highest BCUT2D eigenvalue weighted by Crippen LogP contribution is 2.30. The van der Waals surface area contributed by atoms with Gasteiger partial charge in [-0.3, -0.25) is 9.69 Å². The normalized spacial score (nSPS) is 26.0. The van der Waals surface area contributed by atoms with Crippen LogP contribution in [0.1, 0.15) is 57.7 Å². The lowest BCUT2D eigenvalue weighted by molar-refractivity contribution is -0.130. The zero-order valence-electron chi connectivity index (χ0n) is 13.6. The Bertz CT molecular complexity index is 516. The maximum Gasteiger partial charge on any atom is 0.240 e. The van der Waals surface area contributed by atoms with Crippen LogP contribution in [-0.4, -0.2) is 51.0 Å². The fourth-order valence-corrected chi connectivity index (χ4v) is 3.92. The van der Waals surface area contributed by atoms with Crippen molar-refractivity contribution in [3.05, 3.63) is 11.7 Å². The second-order valence-electron chi connectivity index (χ2n) is 6.46. The molecule has 2 saturated heterocycles. The van der Waals surface area contributed by atoms with Crippen LogP contribution in [0.4, 0.5) is 0 Å². The molecule has 0 aliphatic carbocycles. The molecule has 0 N–H and O–H groups in total. The highest BCUT2D eigenvalue weighted by Gasteiger charge is 2.39. The Morgan fingerprint density at radius 1 is 1.27 bits per heavy atom. The van der Waals surface area contributed by atoms with E-state index in [4.69, 9.17) is 4.52 Å². The van der Waals surface area contributed by atoms with Gasteiger partial charge in [-0.05, 0) is 38.6 Å². The van der Waals surface area contributed by atoms with Gasteiger partial charge in [-0.2, -0.15) is 4.98 Å². The highest BCUT2D eigenvalue weighted by atomic mass is 16.5. The summed E-state index contributed by atoms with van der Waals surface area (Å²) in [5.41, 5.74) is 0. The van der Waals surface area contributed by atoms with Gasteiger partial charge in [0.25, 0.3) is 0 Å². The van der Waals surface area contributed by atoms with Gasteiger partial charge >= 0.3 is 0 Å². The van der Waals surface area contributed by atoms with Crippen LogP contribution in [0.15, 0.2) is 4.52 Å². The number of nitrogens with zero attached hydrogens (tertiary/aromatic N) is 4. The van der Waals surface area contributed by atoms with Crippen molar-refractivity contribution < 1.29 is 9.32 Å². The number of carbonyl (C=O) groups excluding carboxylic acids is 1. The van der Waals surface area contributed by atoms with Crippen molar-refractivity contribution in [1.82, 2.24) is 19.9 Å². The van der Waals surface area contributed by atoms with E-state index in [9.17, 15) is 4.79 Å². The number of hydrogen-bond donors (Lipinski definition) is 0. The first-order valence-electron chi connectivity index (χ1n) is 8.51. The van der Waals surface area contributed by atoms with Gasteiger partial charge in [0.2, 0.25) is 11.8 Å². The molecule has 2 atom stereocenters. The number of aromatic nitrogens is 2. The van der Waals surface area contributed by atoms with E-state index in [1.807, 2.05) is 0 Å². The summed E-state index contributed by atoms with van der Waals surface area (Å²) < 4.78 is 5.38. The molecule has 0 unspecified atom stereocenters. The number of rotatable bonds is 5. The Labute approximate surface area is 131 Å². The lowest BCUT2D eigenvalue weighted by Crippen LogP contribution is -2.47. The van der Waals surface area contributed by atoms with Gasteiger partial charge in [0, 0.05) is 32.0 Å². The van der Waals surface area contributed by atoms with Gasteiger partial charge in [-0.15, -0.1) is 0 Å². The molecule has 2 fully saturated rings. The molecule has 0 radical (unpaired) electrons. The van der Waals surface area contributed by atoms with Crippen LogP contribution in [0, 0.1) is 0 Å². The average molecular weight is 306 g/mol. The molecule has 0 saturated carbocycles. The van der Waals surface area contributed by atoms with Crippen molar-refractivity contribution in [2.75, 3.05) is 13.1 Å². The summed E-state index contributed by atoms with van der Waals surface area (Å²) in [4.78, 5) is 20.8. The average Bonchev–Trinajstić information content (AvgIpc) is 3.19. The Morgan fingerprint density at radius 2 is 2.05 bits per heavy atom. The minimum Gasteiger partial charge on any atom is -0.338 e. The number of carbonyl (C=O) groups is 1. The van der Waals surface area contributed by atoms with E-state index in [-0.39, 0.29) is 5.91 Å². The summed E-state index contributed by atoms with van der Waals surface area (Å²) in [6, 6.07) is 0.797.